The first-order valence-corrected chi connectivity index (χ1v) is 36.3. The number of rotatable bonds is 21. The zero-order valence-corrected chi connectivity index (χ0v) is 60.9. The number of carbonyl (C=O) groups is 8. The summed E-state index contributed by atoms with van der Waals surface area (Å²) in [5.74, 6) is -11.1. The molecular formula is C68H95N7O24P2. The molecule has 0 aliphatic carbocycles. The number of phenols is 2. The van der Waals surface area contributed by atoms with Gasteiger partial charge in [-0.2, -0.15) is 0 Å². The number of nitrogens with one attached hydrogen (secondary N) is 3. The predicted molar refractivity (Wildman–Crippen MR) is 366 cm³/mol. The molecule has 10 N–H and O–H groups in total. The highest BCUT2D eigenvalue weighted by molar-refractivity contribution is 7.70. The number of likely N-dealkylation sites (tertiary alicyclic amines) is 1. The topological polar surface area (TPSA) is 444 Å². The zero-order valence-electron chi connectivity index (χ0n) is 59.2. The first kappa shape index (κ1) is 81.8. The number of likely N-dealkylation sites (N-methyl/N-ethyl adjacent to an activating group) is 1. The van der Waals surface area contributed by atoms with Crippen LogP contribution in [-0.2, 0) is 72.7 Å². The van der Waals surface area contributed by atoms with E-state index in [1.165, 1.54) is 90.6 Å². The van der Waals surface area contributed by atoms with E-state index < -0.39 is 172 Å². The molecule has 33 heteroatoms. The molecule has 556 valence electrons. The molecule has 0 aromatic heterocycles. The number of hydrogen-bond acceptors (Lipinski definition) is 23. The maximum absolute atomic E-state index is 14.4. The second kappa shape index (κ2) is 34.7. The third-order valence-corrected chi connectivity index (χ3v) is 21.6. The van der Waals surface area contributed by atoms with E-state index in [-0.39, 0.29) is 67.3 Å². The van der Waals surface area contributed by atoms with Gasteiger partial charge in [-0.05, 0) is 56.4 Å². The van der Waals surface area contributed by atoms with Gasteiger partial charge in [-0.15, -0.1) is 0 Å². The third kappa shape index (κ3) is 21.3. The molecule has 1 saturated heterocycles. The van der Waals surface area contributed by atoms with Crippen LogP contribution in [0.3, 0.4) is 0 Å². The molecule has 31 nitrogen and oxygen atoms in total. The van der Waals surface area contributed by atoms with Crippen LogP contribution in [-0.4, -0.2) is 187 Å². The van der Waals surface area contributed by atoms with Crippen molar-refractivity contribution in [1.82, 2.24) is 15.1 Å². The number of methoxy groups -OCH3 is 1. The van der Waals surface area contributed by atoms with Crippen LogP contribution in [0.1, 0.15) is 130 Å². The molecule has 3 aromatic carbocycles. The van der Waals surface area contributed by atoms with Gasteiger partial charge < -0.3 is 93.8 Å². The number of aromatic hydroxyl groups is 2. The molecule has 5 aliphatic heterocycles. The number of phenolic OH excluding ortho intramolecular Hbond substituents is 2. The summed E-state index contributed by atoms with van der Waals surface area (Å²) in [6.45, 7) is 19.9. The molecule has 4 bridgehead atoms. The second-order valence-corrected chi connectivity index (χ2v) is 30.7. The zero-order chi connectivity index (χ0) is 75.4. The lowest BCUT2D eigenvalue weighted by Crippen LogP contribution is -2.50. The van der Waals surface area contributed by atoms with Gasteiger partial charge in [-0.3, -0.25) is 47.7 Å². The molecular weight excluding hydrogens is 1360 g/mol. The number of aliphatic hydroxyl groups excluding tert-OH is 1. The van der Waals surface area contributed by atoms with E-state index in [4.69, 9.17) is 38.2 Å². The minimum atomic E-state index is -5.25. The van der Waals surface area contributed by atoms with Crippen molar-refractivity contribution in [3.05, 3.63) is 87.8 Å². The first-order valence-electron chi connectivity index (χ1n) is 33.0. The largest absolute Gasteiger partial charge is 0.507 e. The molecule has 101 heavy (non-hydrogen) atoms. The summed E-state index contributed by atoms with van der Waals surface area (Å²) in [5.41, 5.74) is -0.571. The molecule has 0 radical (unpaired) electrons. The number of piperidine rings is 1. The molecule has 9 atom stereocenters. The summed E-state index contributed by atoms with van der Waals surface area (Å²) in [6, 6.07) is 3.52. The van der Waals surface area contributed by atoms with Gasteiger partial charge >= 0.3 is 39.2 Å². The molecule has 5 heterocycles. The van der Waals surface area contributed by atoms with E-state index in [0.29, 0.717) is 38.1 Å². The molecule has 0 saturated carbocycles. The lowest BCUT2D eigenvalue weighted by molar-refractivity contribution is -0.167. The van der Waals surface area contributed by atoms with Crippen molar-refractivity contribution >= 4 is 85.3 Å². The van der Waals surface area contributed by atoms with Crippen LogP contribution in [0.4, 0.5) is 16.2 Å². The van der Waals surface area contributed by atoms with Crippen LogP contribution in [0.25, 0.3) is 10.8 Å². The Labute approximate surface area is 585 Å². The molecule has 5 aliphatic rings. The number of aliphatic hydroxyl groups is 1. The first-order chi connectivity index (χ1) is 47.2. The van der Waals surface area contributed by atoms with Crippen molar-refractivity contribution in [3.63, 3.8) is 0 Å². The average molecular weight is 1460 g/mol. The monoisotopic (exact) mass is 1460 g/mol. The van der Waals surface area contributed by atoms with Gasteiger partial charge in [0.25, 0.3) is 5.91 Å². The highest BCUT2D eigenvalue weighted by atomic mass is 31.2. The minimum absolute atomic E-state index is 0.0179. The van der Waals surface area contributed by atoms with Crippen molar-refractivity contribution in [3.8, 4) is 17.2 Å². The normalized spacial score (nSPS) is 23.4. The Balaban J connectivity index is 1.38. The number of benzene rings is 3. The van der Waals surface area contributed by atoms with Gasteiger partial charge in [0.15, 0.2) is 17.4 Å². The fourth-order valence-electron chi connectivity index (χ4n) is 12.4. The van der Waals surface area contributed by atoms with Crippen molar-refractivity contribution in [2.75, 3.05) is 57.8 Å². The average Bonchev–Trinajstić information content (AvgIpc) is 1.64. The number of hydrogen-bond donors (Lipinski definition) is 10. The molecule has 4 amide bonds. The standard InChI is InChI=1S/C68H95N7O24P2/c1-15-50(79)94-35-95-66(86)70-47(23-24-49(78)69-45-21-19-44(20-22-45)31-52(100(87,88)89)101(90,91)92)65(85)74(13)33-51(80)98-61-37(4)17-16-18-38(5)64(84)71-57-56-55(72-68(73-56)26-28-75(29-27-68)32-36(2)3)53-46(34-76)63(42(9)59(82)54(53)60(57)83)99-67(11,12)96-30-25-48(93-14)39(6)62(97-43(10)77)41(8)58(81)40(61)7/h16-22,25,30,34,36-37,39-41,47-48,52,58,61-62,72,81-83H,15,23-24,26-29,31-33,35H2,1-14H3,(H,69,78)(H,70,86)(H2,87,88,89)(H2,90,91,92)/b17-16+,30-25+,38-18-,71-57?/t37-,39+,40-,41+,47-,48-,58+,61-,62+/m0/s1. The Bertz CT molecular complexity index is 3880. The fourth-order valence-corrected chi connectivity index (χ4v) is 14.9. The van der Waals surface area contributed by atoms with Crippen LogP contribution in [0.2, 0.25) is 0 Å². The van der Waals surface area contributed by atoms with Crippen molar-refractivity contribution in [2.24, 2.45) is 39.6 Å². The van der Waals surface area contributed by atoms with Crippen LogP contribution < -0.4 is 31.4 Å². The quantitative estimate of drug-likeness (QED) is 0.0145. The lowest BCUT2D eigenvalue weighted by atomic mass is 9.78. The molecule has 8 rings (SSSR count). The maximum atomic E-state index is 14.4. The lowest BCUT2D eigenvalue weighted by Gasteiger charge is -2.39. The van der Waals surface area contributed by atoms with Gasteiger partial charge in [0.05, 0.1) is 35.1 Å². The summed E-state index contributed by atoms with van der Waals surface area (Å²) in [6.07, 6.45) is 0.982. The summed E-state index contributed by atoms with van der Waals surface area (Å²) in [4.78, 5) is 159. The van der Waals surface area contributed by atoms with E-state index in [9.17, 15) is 82.4 Å². The number of anilines is 2. The van der Waals surface area contributed by atoms with Crippen LogP contribution in [0.5, 0.6) is 17.2 Å². The number of esters is 3. The Kier molecular flexibility index (Phi) is 28.1. The number of amides is 4. The molecule has 1 spiro atoms. The van der Waals surface area contributed by atoms with E-state index in [1.54, 1.807) is 47.6 Å². The number of fused-ring (bicyclic) bond motifs is 1. The Morgan fingerprint density at radius 1 is 0.881 bits per heavy atom. The van der Waals surface area contributed by atoms with Crippen LogP contribution in [0, 0.1) is 36.5 Å². The van der Waals surface area contributed by atoms with Crippen LogP contribution >= 0.6 is 15.2 Å². The SMILES string of the molecule is CCC(=O)OCOC(=O)N[C@@H](CCC(=O)Nc1ccc(CC(P(=O)(O)O)P(=O)(O)O)cc1)C(=O)N(C)CC(=O)O[C@@H]1[C@@H](C)[C@@H](O)[C@@H](C)[C@H](OC(C)=O)[C@H](C)[C@@H](OC)/C=C/OC(C)(C)Oc2c(C)c(O)c3c(O)c(c4c(c3c2C=O)NC2(CCN(CC(C)C)CC2)N=4)=NC(=O)/C(C)=C\C=C\[C@@H]1C. The number of carbonyl (C=O) groups excluding carboxylic acids is 8. The molecule has 1 fully saturated rings. The van der Waals surface area contributed by atoms with Gasteiger partial charge in [-0.1, -0.05) is 78.8 Å². The van der Waals surface area contributed by atoms with E-state index in [2.05, 4.69) is 39.7 Å². The smallest absolute Gasteiger partial charge is 0.410 e. The van der Waals surface area contributed by atoms with Crippen molar-refractivity contribution in [2.45, 2.75) is 169 Å². The summed E-state index contributed by atoms with van der Waals surface area (Å²) >= 11 is 0. The number of ether oxygens (including phenoxy) is 7. The van der Waals surface area contributed by atoms with E-state index >= 15 is 0 Å². The minimum Gasteiger partial charge on any atom is -0.507 e. The molecule has 3 aromatic rings. The Morgan fingerprint density at radius 2 is 1.51 bits per heavy atom. The van der Waals surface area contributed by atoms with E-state index in [0.717, 1.165) is 11.4 Å². The van der Waals surface area contributed by atoms with Gasteiger partial charge in [0.2, 0.25) is 24.4 Å². The Morgan fingerprint density at radius 3 is 2.10 bits per heavy atom. The number of alkyl carbamates (subject to hydrolysis) is 1. The van der Waals surface area contributed by atoms with Crippen molar-refractivity contribution < 1.29 is 116 Å². The fraction of sp³-hybridized carbons (Fsp3) is 0.559. The maximum Gasteiger partial charge on any atom is 0.410 e. The molecule has 0 unspecified atom stereocenters. The number of aldehydes is 1. The second-order valence-electron chi connectivity index (χ2n) is 26.7. The third-order valence-electron chi connectivity index (χ3n) is 17.9. The predicted octanol–water partition coefficient (Wildman–Crippen LogP) is 6.04. The summed E-state index contributed by atoms with van der Waals surface area (Å²) in [5, 5.41) is 42.6. The van der Waals surface area contributed by atoms with Gasteiger partial charge in [0, 0.05) is 126 Å². The Hall–Kier alpha value is -8.12. The summed E-state index contributed by atoms with van der Waals surface area (Å²) < 4.78 is 64.2. The van der Waals surface area contributed by atoms with E-state index in [1.807, 2.05) is 0 Å². The number of nitrogens with zero attached hydrogens (tertiary/aromatic N) is 4. The number of allylic oxidation sites excluding steroid dienone is 2. The van der Waals surface area contributed by atoms with Crippen LogP contribution in [0.15, 0.2) is 70.4 Å². The van der Waals surface area contributed by atoms with Crippen molar-refractivity contribution in [1.29, 1.82) is 0 Å². The summed E-state index contributed by atoms with van der Waals surface area (Å²) in [7, 11) is -7.91. The van der Waals surface area contributed by atoms with Gasteiger partial charge in [-0.25, -0.2) is 9.79 Å². The highest BCUT2D eigenvalue weighted by Crippen LogP contribution is 2.61. The highest BCUT2D eigenvalue weighted by Gasteiger charge is 2.45. The van der Waals surface area contributed by atoms with Gasteiger partial charge in [0.1, 0.15) is 52.7 Å².